The predicted molar refractivity (Wildman–Crippen MR) is 119 cm³/mol. The van der Waals surface area contributed by atoms with E-state index in [1.807, 2.05) is 44.4 Å². The van der Waals surface area contributed by atoms with Crippen molar-refractivity contribution in [3.05, 3.63) is 69.0 Å². The van der Waals surface area contributed by atoms with Gasteiger partial charge in [0.1, 0.15) is 22.2 Å². The van der Waals surface area contributed by atoms with Crippen LogP contribution in [0.25, 0.3) is 21.3 Å². The molecule has 1 aromatic carbocycles. The van der Waals surface area contributed by atoms with Crippen LogP contribution in [0.5, 0.6) is 5.75 Å². The van der Waals surface area contributed by atoms with E-state index in [1.54, 1.807) is 17.7 Å². The van der Waals surface area contributed by atoms with E-state index in [2.05, 4.69) is 0 Å². The van der Waals surface area contributed by atoms with Crippen LogP contribution in [0.3, 0.4) is 0 Å². The summed E-state index contributed by atoms with van der Waals surface area (Å²) in [6.45, 7) is 6.02. The molecule has 0 fully saturated rings. The summed E-state index contributed by atoms with van der Waals surface area (Å²) in [6, 6.07) is 8.80. The van der Waals surface area contributed by atoms with Crippen LogP contribution in [0.2, 0.25) is 0 Å². The molecule has 4 aromatic rings. The molecule has 31 heavy (non-hydrogen) atoms. The summed E-state index contributed by atoms with van der Waals surface area (Å²) in [7, 11) is 1.60. The maximum atomic E-state index is 13.7. The van der Waals surface area contributed by atoms with Gasteiger partial charge < -0.3 is 14.3 Å². The third-order valence-electron chi connectivity index (χ3n) is 5.07. The van der Waals surface area contributed by atoms with Gasteiger partial charge >= 0.3 is 5.97 Å². The average molecular weight is 439 g/mol. The van der Waals surface area contributed by atoms with Crippen LogP contribution in [-0.2, 0) is 6.54 Å². The van der Waals surface area contributed by atoms with E-state index in [0.29, 0.717) is 27.6 Å². The third kappa shape index (κ3) is 3.74. The van der Waals surface area contributed by atoms with Gasteiger partial charge in [0.05, 0.1) is 19.0 Å². The average Bonchev–Trinajstić information content (AvgIpc) is 3.37. The van der Waals surface area contributed by atoms with Gasteiger partial charge in [-0.25, -0.2) is 9.78 Å². The molecule has 0 saturated carbocycles. The number of carbonyl (C=O) groups is 1. The first-order chi connectivity index (χ1) is 14.8. The number of hydrogen-bond acceptors (Lipinski definition) is 6. The smallest absolute Gasteiger partial charge is 0.371 e. The second-order valence-electron chi connectivity index (χ2n) is 7.62. The molecule has 7 nitrogen and oxygen atoms in total. The van der Waals surface area contributed by atoms with Gasteiger partial charge in [-0.3, -0.25) is 9.36 Å². The van der Waals surface area contributed by atoms with Crippen LogP contribution in [0.15, 0.2) is 44.9 Å². The standard InChI is InChI=1S/C23H22N2O5S/c1-12(2)20-24-21-19(16(11-31-21)15-9-13(3)5-7-17(15)29-4)22(26)25(20)10-14-6-8-18(30-14)23(27)28/h5-9,11-12H,10H2,1-4H3,(H,27,28). The fourth-order valence-electron chi connectivity index (χ4n) is 3.60. The summed E-state index contributed by atoms with van der Waals surface area (Å²) in [6.07, 6.45) is 0. The number of carboxylic acids is 1. The number of rotatable bonds is 6. The maximum absolute atomic E-state index is 13.7. The van der Waals surface area contributed by atoms with Crippen molar-refractivity contribution in [3.63, 3.8) is 0 Å². The van der Waals surface area contributed by atoms with E-state index in [-0.39, 0.29) is 23.8 Å². The Morgan fingerprint density at radius 2 is 2.03 bits per heavy atom. The Labute approximate surface area is 182 Å². The number of hydrogen-bond donors (Lipinski definition) is 1. The van der Waals surface area contributed by atoms with Crippen molar-refractivity contribution < 1.29 is 19.1 Å². The number of nitrogens with zero attached hydrogens (tertiary/aromatic N) is 2. The van der Waals surface area contributed by atoms with Gasteiger partial charge in [-0.2, -0.15) is 0 Å². The molecule has 160 valence electrons. The molecule has 3 heterocycles. The topological polar surface area (TPSA) is 94.6 Å². The molecular formula is C23H22N2O5S. The van der Waals surface area contributed by atoms with Gasteiger partial charge in [0, 0.05) is 22.4 Å². The lowest BCUT2D eigenvalue weighted by atomic mass is 10.0. The Bertz CT molecular complexity index is 1350. The molecule has 8 heteroatoms. The lowest BCUT2D eigenvalue weighted by molar-refractivity contribution is 0.0660. The second kappa shape index (κ2) is 8.03. The number of ether oxygens (including phenoxy) is 1. The third-order valence-corrected chi connectivity index (χ3v) is 5.94. The first kappa shape index (κ1) is 20.9. The van der Waals surface area contributed by atoms with Crippen molar-refractivity contribution in [2.75, 3.05) is 7.11 Å². The highest BCUT2D eigenvalue weighted by atomic mass is 32.1. The van der Waals surface area contributed by atoms with E-state index in [4.69, 9.17) is 19.2 Å². The maximum Gasteiger partial charge on any atom is 0.371 e. The minimum Gasteiger partial charge on any atom is -0.496 e. The van der Waals surface area contributed by atoms with E-state index in [1.165, 1.54) is 17.4 Å². The minimum absolute atomic E-state index is 0.00920. The van der Waals surface area contributed by atoms with Crippen LogP contribution in [0.4, 0.5) is 0 Å². The first-order valence-electron chi connectivity index (χ1n) is 9.79. The highest BCUT2D eigenvalue weighted by molar-refractivity contribution is 7.17. The first-order valence-corrected chi connectivity index (χ1v) is 10.7. The minimum atomic E-state index is -1.15. The molecule has 0 bridgehead atoms. The van der Waals surface area contributed by atoms with Crippen LogP contribution in [-0.4, -0.2) is 27.7 Å². The van der Waals surface area contributed by atoms with Crippen molar-refractivity contribution in [3.8, 4) is 16.9 Å². The van der Waals surface area contributed by atoms with Gasteiger partial charge in [-0.1, -0.05) is 25.5 Å². The second-order valence-corrected chi connectivity index (χ2v) is 8.48. The zero-order valence-electron chi connectivity index (χ0n) is 17.6. The molecule has 0 atom stereocenters. The molecule has 4 rings (SSSR count). The Kier molecular flexibility index (Phi) is 5.41. The molecular weight excluding hydrogens is 416 g/mol. The molecule has 0 unspecified atom stereocenters. The summed E-state index contributed by atoms with van der Waals surface area (Å²) < 4.78 is 12.5. The van der Waals surface area contributed by atoms with Crippen molar-refractivity contribution in [1.82, 2.24) is 9.55 Å². The molecule has 3 aromatic heterocycles. The quantitative estimate of drug-likeness (QED) is 0.460. The fourth-order valence-corrected chi connectivity index (χ4v) is 4.53. The lowest BCUT2D eigenvalue weighted by Gasteiger charge is -2.15. The van der Waals surface area contributed by atoms with Gasteiger partial charge in [0.15, 0.2) is 0 Å². The SMILES string of the molecule is COc1ccc(C)cc1-c1csc2nc(C(C)C)n(Cc3ccc(C(=O)O)o3)c(=O)c12. The monoisotopic (exact) mass is 438 g/mol. The van der Waals surface area contributed by atoms with Crippen molar-refractivity contribution in [2.45, 2.75) is 33.2 Å². The predicted octanol–water partition coefficient (Wildman–Crippen LogP) is 4.90. The Morgan fingerprint density at radius 1 is 1.26 bits per heavy atom. The fraction of sp³-hybridized carbons (Fsp3) is 0.261. The largest absolute Gasteiger partial charge is 0.496 e. The number of methoxy groups -OCH3 is 1. The molecule has 0 aliphatic heterocycles. The molecule has 0 spiro atoms. The van der Waals surface area contributed by atoms with E-state index < -0.39 is 5.97 Å². The number of aryl methyl sites for hydroxylation is 1. The van der Waals surface area contributed by atoms with Gasteiger partial charge in [-0.15, -0.1) is 11.3 Å². The highest BCUT2D eigenvalue weighted by Gasteiger charge is 2.21. The Morgan fingerprint density at radius 3 is 2.68 bits per heavy atom. The van der Waals surface area contributed by atoms with Crippen LogP contribution >= 0.6 is 11.3 Å². The van der Waals surface area contributed by atoms with E-state index in [0.717, 1.165) is 16.7 Å². The number of benzene rings is 1. The molecule has 0 saturated heterocycles. The number of carboxylic acid groups (broad SMARTS) is 1. The number of aromatic nitrogens is 2. The van der Waals surface area contributed by atoms with Crippen LogP contribution in [0.1, 0.15) is 47.5 Å². The molecule has 0 aliphatic carbocycles. The van der Waals surface area contributed by atoms with Crippen LogP contribution < -0.4 is 10.3 Å². The lowest BCUT2D eigenvalue weighted by Crippen LogP contribution is -2.26. The normalized spacial score (nSPS) is 11.4. The Balaban J connectivity index is 1.94. The number of fused-ring (bicyclic) bond motifs is 1. The van der Waals surface area contributed by atoms with Gasteiger partial charge in [0.2, 0.25) is 5.76 Å². The Hall–Kier alpha value is -3.39. The number of furan rings is 1. The molecule has 0 radical (unpaired) electrons. The summed E-state index contributed by atoms with van der Waals surface area (Å²) in [5.41, 5.74) is 2.47. The summed E-state index contributed by atoms with van der Waals surface area (Å²) in [5.74, 6) is 0.362. The molecule has 0 amide bonds. The summed E-state index contributed by atoms with van der Waals surface area (Å²) in [5, 5.41) is 11.6. The highest BCUT2D eigenvalue weighted by Crippen LogP contribution is 2.37. The van der Waals surface area contributed by atoms with E-state index in [9.17, 15) is 9.59 Å². The van der Waals surface area contributed by atoms with E-state index >= 15 is 0 Å². The van der Waals surface area contributed by atoms with Crippen molar-refractivity contribution in [2.24, 2.45) is 0 Å². The van der Waals surface area contributed by atoms with Crippen molar-refractivity contribution >= 4 is 27.5 Å². The summed E-state index contributed by atoms with van der Waals surface area (Å²) in [4.78, 5) is 30.3. The number of thiophene rings is 1. The van der Waals surface area contributed by atoms with Crippen LogP contribution in [0, 0.1) is 6.92 Å². The molecule has 0 aliphatic rings. The summed E-state index contributed by atoms with van der Waals surface area (Å²) >= 11 is 1.42. The molecule has 1 N–H and O–H groups in total. The zero-order chi connectivity index (χ0) is 22.3. The zero-order valence-corrected chi connectivity index (χ0v) is 18.4. The number of aromatic carboxylic acids is 1. The van der Waals surface area contributed by atoms with Crippen molar-refractivity contribution in [1.29, 1.82) is 0 Å². The van der Waals surface area contributed by atoms with Gasteiger partial charge in [-0.05, 0) is 31.2 Å². The van der Waals surface area contributed by atoms with Gasteiger partial charge in [0.25, 0.3) is 5.56 Å².